The van der Waals surface area contributed by atoms with E-state index in [4.69, 9.17) is 0 Å². The molecule has 0 spiro atoms. The van der Waals surface area contributed by atoms with Crippen LogP contribution in [0.1, 0.15) is 40.2 Å². The van der Waals surface area contributed by atoms with Crippen molar-refractivity contribution in [2.24, 2.45) is 0 Å². The maximum Gasteiger partial charge on any atom is 0.416 e. The van der Waals surface area contributed by atoms with E-state index in [0.717, 1.165) is 12.1 Å². The number of aromatic nitrogens is 1. The molecule has 2 rings (SSSR count). The molecule has 0 aliphatic rings. The van der Waals surface area contributed by atoms with Gasteiger partial charge in [-0.1, -0.05) is 39.8 Å². The van der Waals surface area contributed by atoms with Gasteiger partial charge in [0.15, 0.2) is 0 Å². The van der Waals surface area contributed by atoms with Gasteiger partial charge < -0.3 is 5.32 Å². The van der Waals surface area contributed by atoms with E-state index >= 15 is 0 Å². The van der Waals surface area contributed by atoms with Crippen LogP contribution in [0.5, 0.6) is 0 Å². The average molecular weight is 340 g/mol. The maximum atomic E-state index is 12.7. The maximum absolute atomic E-state index is 12.7. The summed E-state index contributed by atoms with van der Waals surface area (Å²) < 4.78 is 38.0. The van der Waals surface area contributed by atoms with E-state index in [1.807, 2.05) is 27.7 Å². The molecule has 1 heterocycles. The number of carbonyl (C=O) groups excluding carboxylic acids is 1. The van der Waals surface area contributed by atoms with Crippen molar-refractivity contribution in [3.63, 3.8) is 0 Å². The third-order valence-electron chi connectivity index (χ3n) is 2.59. The van der Waals surface area contributed by atoms with Crippen LogP contribution < -0.4 is 5.32 Å². The minimum atomic E-state index is -4.39. The highest BCUT2D eigenvalue weighted by Gasteiger charge is 2.30. The van der Waals surface area contributed by atoms with Crippen LogP contribution in [0.4, 0.5) is 19.0 Å². The Morgan fingerprint density at radius 2 is 1.58 bits per heavy atom. The quantitative estimate of drug-likeness (QED) is 0.753. The van der Waals surface area contributed by atoms with Gasteiger partial charge in [0.2, 0.25) is 5.91 Å². The fourth-order valence-corrected chi connectivity index (χ4v) is 1.73. The summed E-state index contributed by atoms with van der Waals surface area (Å²) in [6.45, 7) is 9.33. The van der Waals surface area contributed by atoms with Crippen LogP contribution in [0.15, 0.2) is 42.6 Å². The Balaban J connectivity index is 0.00000123. The molecule has 0 radical (unpaired) electrons. The number of halogens is 3. The molecule has 24 heavy (non-hydrogen) atoms. The van der Waals surface area contributed by atoms with Crippen LogP contribution in [0, 0.1) is 0 Å². The van der Waals surface area contributed by atoms with Crippen LogP contribution in [-0.2, 0) is 11.0 Å². The number of amides is 1. The molecule has 0 aliphatic heterocycles. The molecule has 2 aromatic rings. The van der Waals surface area contributed by atoms with E-state index in [9.17, 15) is 18.0 Å². The van der Waals surface area contributed by atoms with Crippen LogP contribution in [0.25, 0.3) is 11.1 Å². The second-order valence-corrected chi connectivity index (χ2v) is 4.19. The number of hydrogen-bond donors (Lipinski definition) is 1. The van der Waals surface area contributed by atoms with Crippen molar-refractivity contribution in [2.45, 2.75) is 40.8 Å². The molecular weight excluding hydrogens is 317 g/mol. The molecular formula is C18H23F3N2O. The van der Waals surface area contributed by atoms with Crippen LogP contribution in [0.2, 0.25) is 0 Å². The van der Waals surface area contributed by atoms with E-state index in [1.165, 1.54) is 25.3 Å². The lowest BCUT2D eigenvalue weighted by Crippen LogP contribution is -2.07. The molecule has 6 heteroatoms. The lowest BCUT2D eigenvalue weighted by atomic mass is 10.0. The van der Waals surface area contributed by atoms with Crippen molar-refractivity contribution in [2.75, 3.05) is 5.32 Å². The number of alkyl halides is 3. The summed E-state index contributed by atoms with van der Waals surface area (Å²) in [5.74, 6) is 0.00565. The first-order valence-electron chi connectivity index (χ1n) is 7.77. The molecule has 0 aliphatic carbocycles. The Morgan fingerprint density at radius 1 is 1.00 bits per heavy atom. The van der Waals surface area contributed by atoms with Gasteiger partial charge in [0.25, 0.3) is 0 Å². The number of rotatable bonds is 2. The first-order valence-corrected chi connectivity index (χ1v) is 7.77. The average Bonchev–Trinajstić information content (AvgIpc) is 2.57. The second kappa shape index (κ2) is 10.4. The summed E-state index contributed by atoms with van der Waals surface area (Å²) in [4.78, 5) is 14.9. The Bertz CT molecular complexity index is 640. The minimum Gasteiger partial charge on any atom is -0.311 e. The predicted molar refractivity (Wildman–Crippen MR) is 91.7 cm³/mol. The topological polar surface area (TPSA) is 42.0 Å². The number of carbonyl (C=O) groups is 1. The molecule has 0 bridgehead atoms. The van der Waals surface area contributed by atoms with Crippen LogP contribution in [-0.4, -0.2) is 10.9 Å². The molecule has 1 aromatic carbocycles. The van der Waals surface area contributed by atoms with Gasteiger partial charge in [-0.25, -0.2) is 4.98 Å². The largest absolute Gasteiger partial charge is 0.416 e. The molecule has 0 saturated carbocycles. The Kier molecular flexibility index (Phi) is 9.38. The molecule has 0 unspecified atom stereocenters. The highest BCUT2D eigenvalue weighted by atomic mass is 19.4. The zero-order valence-corrected chi connectivity index (χ0v) is 14.5. The standard InChI is InChI=1S/C14H11F3N2O.2C2H6/c1-9(20)19-13-8-11(5-6-18-13)10-3-2-4-12(7-10)14(15,16)17;2*1-2/h2-8H,1H3,(H,18,19,20);2*1-2H3. The first-order chi connectivity index (χ1) is 11.4. The third-order valence-corrected chi connectivity index (χ3v) is 2.59. The minimum absolute atomic E-state index is 0.293. The predicted octanol–water partition coefficient (Wildman–Crippen LogP) is 5.78. The van der Waals surface area contributed by atoms with Crippen molar-refractivity contribution in [3.8, 4) is 11.1 Å². The Morgan fingerprint density at radius 3 is 2.12 bits per heavy atom. The summed E-state index contributed by atoms with van der Waals surface area (Å²) in [7, 11) is 0. The molecule has 0 atom stereocenters. The number of nitrogens with one attached hydrogen (secondary N) is 1. The number of pyridine rings is 1. The van der Waals surface area contributed by atoms with E-state index in [2.05, 4.69) is 10.3 Å². The number of anilines is 1. The molecule has 3 nitrogen and oxygen atoms in total. The lowest BCUT2D eigenvalue weighted by molar-refractivity contribution is -0.137. The number of benzene rings is 1. The first kappa shape index (κ1) is 21.6. The number of hydrogen-bond acceptors (Lipinski definition) is 2. The zero-order valence-electron chi connectivity index (χ0n) is 14.5. The molecule has 1 N–H and O–H groups in total. The summed E-state index contributed by atoms with van der Waals surface area (Å²) in [6.07, 6.45) is -2.95. The summed E-state index contributed by atoms with van der Waals surface area (Å²) >= 11 is 0. The van der Waals surface area contributed by atoms with E-state index in [0.29, 0.717) is 16.9 Å². The summed E-state index contributed by atoms with van der Waals surface area (Å²) in [5.41, 5.74) is 0.247. The highest BCUT2D eigenvalue weighted by molar-refractivity contribution is 5.88. The lowest BCUT2D eigenvalue weighted by Gasteiger charge is -2.09. The fourth-order valence-electron chi connectivity index (χ4n) is 1.73. The molecule has 1 aromatic heterocycles. The molecule has 0 saturated heterocycles. The van der Waals surface area contributed by atoms with Crippen molar-refractivity contribution in [3.05, 3.63) is 48.2 Å². The Labute approximate surface area is 140 Å². The number of nitrogens with zero attached hydrogens (tertiary/aromatic N) is 1. The second-order valence-electron chi connectivity index (χ2n) is 4.19. The van der Waals surface area contributed by atoms with Gasteiger partial charge >= 0.3 is 6.18 Å². The van der Waals surface area contributed by atoms with Crippen LogP contribution in [0.3, 0.4) is 0 Å². The SMILES string of the molecule is CC.CC.CC(=O)Nc1cc(-c2cccc(C(F)(F)F)c2)ccn1. The normalized spacial score (nSPS) is 9.83. The van der Waals surface area contributed by atoms with Crippen molar-refractivity contribution >= 4 is 11.7 Å². The molecule has 0 fully saturated rings. The van der Waals surface area contributed by atoms with Crippen molar-refractivity contribution < 1.29 is 18.0 Å². The van der Waals surface area contributed by atoms with Crippen molar-refractivity contribution in [1.29, 1.82) is 0 Å². The molecule has 1 amide bonds. The van der Waals surface area contributed by atoms with Gasteiger partial charge in [0, 0.05) is 13.1 Å². The van der Waals surface area contributed by atoms with E-state index in [-0.39, 0.29) is 5.91 Å². The van der Waals surface area contributed by atoms with Gasteiger partial charge in [0.1, 0.15) is 5.82 Å². The Hall–Kier alpha value is -2.37. The summed E-state index contributed by atoms with van der Waals surface area (Å²) in [5, 5.41) is 2.49. The third kappa shape index (κ3) is 6.81. The monoisotopic (exact) mass is 340 g/mol. The highest BCUT2D eigenvalue weighted by Crippen LogP contribution is 2.32. The summed E-state index contributed by atoms with van der Waals surface area (Å²) in [6, 6.07) is 8.10. The van der Waals surface area contributed by atoms with Gasteiger partial charge in [-0.15, -0.1) is 0 Å². The van der Waals surface area contributed by atoms with Gasteiger partial charge in [-0.2, -0.15) is 13.2 Å². The van der Waals surface area contributed by atoms with Gasteiger partial charge in [-0.05, 0) is 35.4 Å². The molecule has 132 valence electrons. The smallest absolute Gasteiger partial charge is 0.311 e. The van der Waals surface area contributed by atoms with Gasteiger partial charge in [-0.3, -0.25) is 4.79 Å². The van der Waals surface area contributed by atoms with Crippen molar-refractivity contribution in [1.82, 2.24) is 4.98 Å². The van der Waals surface area contributed by atoms with Crippen LogP contribution >= 0.6 is 0 Å². The fraction of sp³-hybridized carbons (Fsp3) is 0.333. The van der Waals surface area contributed by atoms with E-state index in [1.54, 1.807) is 12.1 Å². The van der Waals surface area contributed by atoms with Gasteiger partial charge in [0.05, 0.1) is 5.56 Å². The van der Waals surface area contributed by atoms with E-state index < -0.39 is 11.7 Å². The zero-order chi connectivity index (χ0) is 18.8.